The number of urea groups is 1. The lowest BCUT2D eigenvalue weighted by Crippen LogP contribution is -2.43. The third kappa shape index (κ3) is 2.56. The van der Waals surface area contributed by atoms with Crippen LogP contribution in [0.1, 0.15) is 41.9 Å². The Bertz CT molecular complexity index is 1090. The predicted octanol–water partition coefficient (Wildman–Crippen LogP) is 5.07. The highest BCUT2D eigenvalue weighted by Gasteiger charge is 2.52. The van der Waals surface area contributed by atoms with Gasteiger partial charge in [0, 0.05) is 34.4 Å². The second kappa shape index (κ2) is 6.74. The number of aromatic nitrogens is 1. The van der Waals surface area contributed by atoms with E-state index in [1.165, 1.54) is 4.90 Å². The summed E-state index contributed by atoms with van der Waals surface area (Å²) < 4.78 is 1.02. The van der Waals surface area contributed by atoms with Crippen molar-refractivity contribution in [1.82, 2.24) is 14.8 Å². The van der Waals surface area contributed by atoms with Crippen LogP contribution < -0.4 is 0 Å². The number of para-hydroxylation sites is 1. The first-order chi connectivity index (χ1) is 13.6. The van der Waals surface area contributed by atoms with Crippen molar-refractivity contribution >= 4 is 50.1 Å². The number of H-pyrrole nitrogens is 1. The summed E-state index contributed by atoms with van der Waals surface area (Å²) in [4.78, 5) is 34.3. The Morgan fingerprint density at radius 2 is 2.04 bits per heavy atom. The highest BCUT2D eigenvalue weighted by molar-refractivity contribution is 9.11. The quantitative estimate of drug-likeness (QED) is 0.555. The number of unbranched alkanes of at least 4 members (excludes halogenated alkanes) is 1. The number of imide groups is 1. The average molecular weight is 458 g/mol. The molecule has 0 aliphatic carbocycles. The zero-order chi connectivity index (χ0) is 19.4. The molecule has 4 heterocycles. The van der Waals surface area contributed by atoms with Crippen LogP contribution in [-0.4, -0.2) is 39.3 Å². The summed E-state index contributed by atoms with van der Waals surface area (Å²) in [5.41, 5.74) is 3.24. The van der Waals surface area contributed by atoms with Gasteiger partial charge in [0.2, 0.25) is 0 Å². The Hall–Kier alpha value is -2.12. The number of carbonyl (C=O) groups is 2. The third-order valence-corrected chi connectivity index (χ3v) is 7.41. The van der Waals surface area contributed by atoms with Crippen LogP contribution in [0.15, 0.2) is 40.2 Å². The Morgan fingerprint density at radius 1 is 1.21 bits per heavy atom. The Kier molecular flexibility index (Phi) is 4.32. The van der Waals surface area contributed by atoms with Crippen molar-refractivity contribution in [3.63, 3.8) is 0 Å². The minimum absolute atomic E-state index is 0.0602. The Labute approximate surface area is 175 Å². The lowest BCUT2D eigenvalue weighted by atomic mass is 9.91. The molecule has 2 aromatic heterocycles. The summed E-state index contributed by atoms with van der Waals surface area (Å²) in [5.74, 6) is -0.0602. The molecule has 28 heavy (non-hydrogen) atoms. The van der Waals surface area contributed by atoms with Gasteiger partial charge < -0.3 is 4.98 Å². The summed E-state index contributed by atoms with van der Waals surface area (Å²) in [6.07, 6.45) is 2.35. The van der Waals surface area contributed by atoms with Crippen LogP contribution in [0.4, 0.5) is 4.79 Å². The van der Waals surface area contributed by atoms with E-state index in [0.29, 0.717) is 13.0 Å². The molecule has 0 unspecified atom stereocenters. The van der Waals surface area contributed by atoms with Crippen LogP contribution >= 0.6 is 27.3 Å². The van der Waals surface area contributed by atoms with Gasteiger partial charge in [0.15, 0.2) is 0 Å². The lowest BCUT2D eigenvalue weighted by Gasteiger charge is -2.35. The van der Waals surface area contributed by atoms with E-state index in [2.05, 4.69) is 40.0 Å². The molecule has 1 aromatic carbocycles. The molecule has 144 valence electrons. The topological polar surface area (TPSA) is 56.4 Å². The van der Waals surface area contributed by atoms with Crippen molar-refractivity contribution in [1.29, 1.82) is 0 Å². The van der Waals surface area contributed by atoms with Gasteiger partial charge in [0.1, 0.15) is 12.1 Å². The molecule has 7 heteroatoms. The van der Waals surface area contributed by atoms with E-state index in [1.807, 2.05) is 24.3 Å². The summed E-state index contributed by atoms with van der Waals surface area (Å²) in [6, 6.07) is 11.4. The van der Waals surface area contributed by atoms with Gasteiger partial charge in [0.05, 0.1) is 3.79 Å². The minimum Gasteiger partial charge on any atom is -0.356 e. The number of halogens is 1. The van der Waals surface area contributed by atoms with Crippen LogP contribution in [0.25, 0.3) is 10.9 Å². The van der Waals surface area contributed by atoms with Crippen LogP contribution in [-0.2, 0) is 11.2 Å². The van der Waals surface area contributed by atoms with Gasteiger partial charge in [-0.15, -0.1) is 11.3 Å². The number of hydrogen-bond acceptors (Lipinski definition) is 3. The van der Waals surface area contributed by atoms with Crippen LogP contribution in [0.2, 0.25) is 0 Å². The largest absolute Gasteiger partial charge is 0.356 e. The molecule has 2 aliphatic rings. The molecule has 0 radical (unpaired) electrons. The fourth-order valence-corrected chi connectivity index (χ4v) is 5.96. The van der Waals surface area contributed by atoms with E-state index < -0.39 is 6.04 Å². The summed E-state index contributed by atoms with van der Waals surface area (Å²) in [7, 11) is 0. The molecule has 2 aliphatic heterocycles. The lowest BCUT2D eigenvalue weighted by molar-refractivity contribution is -0.128. The molecule has 1 saturated heterocycles. The molecule has 1 fully saturated rings. The number of aromatic amines is 1. The molecule has 5 nitrogen and oxygen atoms in total. The predicted molar refractivity (Wildman–Crippen MR) is 114 cm³/mol. The molecule has 3 aromatic rings. The van der Waals surface area contributed by atoms with Crippen molar-refractivity contribution in [3.05, 3.63) is 56.3 Å². The first-order valence-electron chi connectivity index (χ1n) is 9.58. The van der Waals surface area contributed by atoms with Gasteiger partial charge in [-0.1, -0.05) is 31.5 Å². The molecule has 3 amide bonds. The van der Waals surface area contributed by atoms with Gasteiger partial charge >= 0.3 is 6.03 Å². The molecule has 2 atom stereocenters. The third-order valence-electron chi connectivity index (χ3n) is 5.73. The smallest absolute Gasteiger partial charge is 0.328 e. The van der Waals surface area contributed by atoms with Crippen molar-refractivity contribution in [2.75, 3.05) is 6.54 Å². The number of fused-ring (bicyclic) bond motifs is 4. The van der Waals surface area contributed by atoms with Crippen molar-refractivity contribution in [2.24, 2.45) is 0 Å². The van der Waals surface area contributed by atoms with Gasteiger partial charge in [-0.25, -0.2) is 4.79 Å². The molecule has 0 spiro atoms. The zero-order valence-corrected chi connectivity index (χ0v) is 17.8. The number of hydrogen-bond donors (Lipinski definition) is 1. The molecular formula is C21H20BrN3O2S. The SMILES string of the molecule is CCCCN1C(=O)[C@H]2Cc3c([nH]c4ccccc34)[C@H](c3ccc(Br)s3)N2C1=O. The number of carbonyl (C=O) groups excluding carboxylic acids is 2. The average Bonchev–Trinajstić information content (AvgIpc) is 3.35. The number of amides is 3. The fourth-order valence-electron chi connectivity index (χ4n) is 4.43. The van der Waals surface area contributed by atoms with Crippen LogP contribution in [0.5, 0.6) is 0 Å². The minimum atomic E-state index is -0.429. The van der Waals surface area contributed by atoms with E-state index >= 15 is 0 Å². The van der Waals surface area contributed by atoms with Gasteiger partial charge in [-0.05, 0) is 46.1 Å². The highest BCUT2D eigenvalue weighted by atomic mass is 79.9. The van der Waals surface area contributed by atoms with Gasteiger partial charge in [-0.2, -0.15) is 0 Å². The van der Waals surface area contributed by atoms with E-state index in [1.54, 1.807) is 16.2 Å². The first kappa shape index (κ1) is 17.9. The van der Waals surface area contributed by atoms with Gasteiger partial charge in [0.25, 0.3) is 5.91 Å². The van der Waals surface area contributed by atoms with Crippen molar-refractivity contribution < 1.29 is 9.59 Å². The van der Waals surface area contributed by atoms with Crippen LogP contribution in [0, 0.1) is 0 Å². The number of rotatable bonds is 4. The first-order valence-corrected chi connectivity index (χ1v) is 11.2. The second-order valence-corrected chi connectivity index (χ2v) is 9.86. The number of thiophene rings is 1. The fraction of sp³-hybridized carbons (Fsp3) is 0.333. The van der Waals surface area contributed by atoms with E-state index in [4.69, 9.17) is 0 Å². The molecule has 0 saturated carbocycles. The maximum absolute atomic E-state index is 13.3. The molecular weight excluding hydrogens is 438 g/mol. The Morgan fingerprint density at radius 3 is 2.79 bits per heavy atom. The van der Waals surface area contributed by atoms with E-state index in [9.17, 15) is 9.59 Å². The molecule has 5 rings (SSSR count). The maximum Gasteiger partial charge on any atom is 0.328 e. The van der Waals surface area contributed by atoms with E-state index in [0.717, 1.165) is 43.7 Å². The maximum atomic E-state index is 13.3. The Balaban J connectivity index is 1.68. The molecule has 0 bridgehead atoms. The molecule has 1 N–H and O–H groups in total. The monoisotopic (exact) mass is 457 g/mol. The second-order valence-electron chi connectivity index (χ2n) is 7.36. The van der Waals surface area contributed by atoms with Crippen LogP contribution in [0.3, 0.4) is 0 Å². The summed E-state index contributed by atoms with van der Waals surface area (Å²) >= 11 is 5.16. The number of nitrogens with zero attached hydrogens (tertiary/aromatic N) is 2. The highest BCUT2D eigenvalue weighted by Crippen LogP contribution is 2.46. The normalized spacial score (nSPS) is 21.5. The summed E-state index contributed by atoms with van der Waals surface area (Å²) in [5, 5.41) is 1.14. The van der Waals surface area contributed by atoms with Crippen molar-refractivity contribution in [3.8, 4) is 0 Å². The van der Waals surface area contributed by atoms with Gasteiger partial charge in [-0.3, -0.25) is 14.6 Å². The number of nitrogens with one attached hydrogen (secondary N) is 1. The van der Waals surface area contributed by atoms with E-state index in [-0.39, 0.29) is 18.0 Å². The zero-order valence-electron chi connectivity index (χ0n) is 15.4. The van der Waals surface area contributed by atoms with Crippen molar-refractivity contribution in [2.45, 2.75) is 38.3 Å². The number of benzene rings is 1. The summed E-state index contributed by atoms with van der Waals surface area (Å²) in [6.45, 7) is 2.57. The standard InChI is InChI=1S/C21H20BrN3O2S/c1-2-3-10-24-20(26)15-11-13-12-6-4-5-7-14(12)23-18(13)19(25(15)21(24)27)16-8-9-17(22)28-16/h4-9,15,19,23H,2-3,10-11H2,1H3/t15-,19+/m1/s1.